The number of nitrogens with two attached hydrogens (primary N) is 1. The lowest BCUT2D eigenvalue weighted by atomic mass is 10.0. The Labute approximate surface area is 107 Å². The molecule has 0 bridgehead atoms. The van der Waals surface area contributed by atoms with Crippen molar-refractivity contribution in [2.45, 2.75) is 44.2 Å². The Morgan fingerprint density at radius 3 is 2.67 bits per heavy atom. The number of halogens is 1. The molecule has 1 fully saturated rings. The van der Waals surface area contributed by atoms with E-state index in [-0.39, 0.29) is 18.4 Å². The Morgan fingerprint density at radius 2 is 2.11 bits per heavy atom. The normalized spacial score (nSPS) is 19.8. The van der Waals surface area contributed by atoms with E-state index in [4.69, 9.17) is 10.5 Å². The highest BCUT2D eigenvalue weighted by Gasteiger charge is 2.32. The molecule has 1 aromatic rings. The summed E-state index contributed by atoms with van der Waals surface area (Å²) >= 11 is 0. The van der Waals surface area contributed by atoms with Gasteiger partial charge in [0.25, 0.3) is 0 Å². The molecule has 0 aromatic heterocycles. The van der Waals surface area contributed by atoms with Gasteiger partial charge >= 0.3 is 0 Å². The lowest BCUT2D eigenvalue weighted by Gasteiger charge is -2.22. The van der Waals surface area contributed by atoms with Crippen molar-refractivity contribution < 1.29 is 14.2 Å². The van der Waals surface area contributed by atoms with Gasteiger partial charge in [0, 0.05) is 6.04 Å². The number of ether oxygens (including phenoxy) is 1. The molecule has 4 heteroatoms. The van der Waals surface area contributed by atoms with Crippen molar-refractivity contribution in [3.8, 4) is 5.75 Å². The van der Waals surface area contributed by atoms with Gasteiger partial charge in [-0.25, -0.2) is 4.39 Å². The van der Waals surface area contributed by atoms with Crippen molar-refractivity contribution in [3.05, 3.63) is 29.6 Å². The second kappa shape index (κ2) is 5.24. The van der Waals surface area contributed by atoms with Crippen LogP contribution in [0.15, 0.2) is 18.2 Å². The molecule has 3 N–H and O–H groups in total. The van der Waals surface area contributed by atoms with Gasteiger partial charge in [-0.2, -0.15) is 0 Å². The van der Waals surface area contributed by atoms with Gasteiger partial charge < -0.3 is 15.6 Å². The third-order valence-corrected chi connectivity index (χ3v) is 3.51. The standard InChI is InChI=1S/C14H20FNO2/c1-10(16)11-4-5-13(12(15)8-11)18-9-14(17)6-2-3-7-14/h4-5,8,10,17H,2-3,6-7,9,16H2,1H3. The minimum absolute atomic E-state index is 0.154. The van der Waals surface area contributed by atoms with Crippen molar-refractivity contribution in [2.75, 3.05) is 6.61 Å². The van der Waals surface area contributed by atoms with E-state index in [1.165, 1.54) is 6.07 Å². The predicted molar refractivity (Wildman–Crippen MR) is 67.9 cm³/mol. The average Bonchev–Trinajstić information content (AvgIpc) is 2.75. The van der Waals surface area contributed by atoms with Crippen LogP contribution in [0.5, 0.6) is 5.75 Å². The summed E-state index contributed by atoms with van der Waals surface area (Å²) in [4.78, 5) is 0. The highest BCUT2D eigenvalue weighted by Crippen LogP contribution is 2.30. The molecule has 100 valence electrons. The summed E-state index contributed by atoms with van der Waals surface area (Å²) in [5.41, 5.74) is 5.63. The molecule has 0 heterocycles. The molecule has 2 rings (SSSR count). The van der Waals surface area contributed by atoms with Crippen molar-refractivity contribution in [2.24, 2.45) is 5.73 Å². The second-order valence-electron chi connectivity index (χ2n) is 5.20. The molecule has 1 saturated carbocycles. The molecule has 1 unspecified atom stereocenters. The quantitative estimate of drug-likeness (QED) is 0.867. The fourth-order valence-electron chi connectivity index (χ4n) is 2.31. The smallest absolute Gasteiger partial charge is 0.165 e. The van der Waals surface area contributed by atoms with E-state index in [2.05, 4.69) is 0 Å². The van der Waals surface area contributed by atoms with Gasteiger partial charge in [0.1, 0.15) is 6.61 Å². The molecule has 1 atom stereocenters. The topological polar surface area (TPSA) is 55.5 Å². The molecule has 0 spiro atoms. The van der Waals surface area contributed by atoms with Crippen LogP contribution >= 0.6 is 0 Å². The molecular formula is C14H20FNO2. The van der Waals surface area contributed by atoms with E-state index in [1.807, 2.05) is 0 Å². The SMILES string of the molecule is CC(N)c1ccc(OCC2(O)CCCC2)c(F)c1. The van der Waals surface area contributed by atoms with Crippen LogP contribution in [0.25, 0.3) is 0 Å². The second-order valence-corrected chi connectivity index (χ2v) is 5.20. The van der Waals surface area contributed by atoms with Gasteiger partial charge in [0.05, 0.1) is 5.60 Å². The fraction of sp³-hybridized carbons (Fsp3) is 0.571. The van der Waals surface area contributed by atoms with Gasteiger partial charge in [0.2, 0.25) is 0 Å². The predicted octanol–water partition coefficient (Wildman–Crippen LogP) is 2.53. The molecule has 0 saturated heterocycles. The van der Waals surface area contributed by atoms with Crippen LogP contribution in [0.4, 0.5) is 4.39 Å². The Balaban J connectivity index is 2.01. The zero-order chi connectivity index (χ0) is 13.2. The molecule has 1 aliphatic rings. The van der Waals surface area contributed by atoms with Crippen molar-refractivity contribution in [1.29, 1.82) is 0 Å². The zero-order valence-electron chi connectivity index (χ0n) is 10.7. The first-order chi connectivity index (χ1) is 8.50. The Kier molecular flexibility index (Phi) is 3.88. The third kappa shape index (κ3) is 3.00. The number of hydrogen-bond acceptors (Lipinski definition) is 3. The third-order valence-electron chi connectivity index (χ3n) is 3.51. The first-order valence-electron chi connectivity index (χ1n) is 6.40. The summed E-state index contributed by atoms with van der Waals surface area (Å²) in [6.45, 7) is 1.96. The fourth-order valence-corrected chi connectivity index (χ4v) is 2.31. The van der Waals surface area contributed by atoms with Gasteiger partial charge in [-0.15, -0.1) is 0 Å². The molecule has 1 aromatic carbocycles. The Morgan fingerprint density at radius 1 is 1.44 bits per heavy atom. The Hall–Kier alpha value is -1.13. The highest BCUT2D eigenvalue weighted by molar-refractivity contribution is 5.30. The first-order valence-corrected chi connectivity index (χ1v) is 6.40. The Bertz CT molecular complexity index is 414. The minimum Gasteiger partial charge on any atom is -0.488 e. The summed E-state index contributed by atoms with van der Waals surface area (Å²) in [5.74, 6) is -0.244. The summed E-state index contributed by atoms with van der Waals surface area (Å²) in [6, 6.07) is 4.51. The maximum Gasteiger partial charge on any atom is 0.165 e. The summed E-state index contributed by atoms with van der Waals surface area (Å²) in [7, 11) is 0. The van der Waals surface area contributed by atoms with Crippen molar-refractivity contribution >= 4 is 0 Å². The van der Waals surface area contributed by atoms with Gasteiger partial charge in [-0.05, 0) is 37.5 Å². The average molecular weight is 253 g/mol. The van der Waals surface area contributed by atoms with Crippen LogP contribution in [-0.2, 0) is 0 Å². The zero-order valence-corrected chi connectivity index (χ0v) is 10.7. The van der Waals surface area contributed by atoms with E-state index in [0.717, 1.165) is 31.2 Å². The van der Waals surface area contributed by atoms with Gasteiger partial charge in [-0.3, -0.25) is 0 Å². The molecular weight excluding hydrogens is 233 g/mol. The van der Waals surface area contributed by atoms with Crippen molar-refractivity contribution in [3.63, 3.8) is 0 Å². The molecule has 1 aliphatic carbocycles. The number of benzene rings is 1. The largest absolute Gasteiger partial charge is 0.488 e. The van der Waals surface area contributed by atoms with Crippen LogP contribution in [0.2, 0.25) is 0 Å². The van der Waals surface area contributed by atoms with E-state index in [9.17, 15) is 9.50 Å². The number of aliphatic hydroxyl groups is 1. The summed E-state index contributed by atoms with van der Waals surface area (Å²) in [6.07, 6.45) is 3.47. The van der Waals surface area contributed by atoms with Gasteiger partial charge in [0.15, 0.2) is 11.6 Å². The molecule has 18 heavy (non-hydrogen) atoms. The highest BCUT2D eigenvalue weighted by atomic mass is 19.1. The van der Waals surface area contributed by atoms with Crippen molar-refractivity contribution in [1.82, 2.24) is 0 Å². The lowest BCUT2D eigenvalue weighted by Crippen LogP contribution is -2.32. The van der Waals surface area contributed by atoms with Crippen LogP contribution in [-0.4, -0.2) is 17.3 Å². The van der Waals surface area contributed by atoms with E-state index in [1.54, 1.807) is 19.1 Å². The van der Waals surface area contributed by atoms with Crippen LogP contribution in [0.1, 0.15) is 44.2 Å². The maximum absolute atomic E-state index is 13.7. The molecule has 0 amide bonds. The number of rotatable bonds is 4. The van der Waals surface area contributed by atoms with Crippen LogP contribution in [0.3, 0.4) is 0 Å². The number of hydrogen-bond donors (Lipinski definition) is 2. The van der Waals surface area contributed by atoms with Gasteiger partial charge in [-0.1, -0.05) is 18.9 Å². The van der Waals surface area contributed by atoms with E-state index in [0.29, 0.717) is 0 Å². The minimum atomic E-state index is -0.785. The summed E-state index contributed by atoms with van der Waals surface area (Å²) < 4.78 is 19.1. The maximum atomic E-state index is 13.7. The first kappa shape index (κ1) is 13.3. The lowest BCUT2D eigenvalue weighted by molar-refractivity contribution is 0.000323. The van der Waals surface area contributed by atoms with Crippen LogP contribution in [0, 0.1) is 5.82 Å². The van der Waals surface area contributed by atoms with Crippen LogP contribution < -0.4 is 10.5 Å². The monoisotopic (exact) mass is 253 g/mol. The summed E-state index contributed by atoms with van der Waals surface area (Å²) in [5, 5.41) is 10.1. The molecule has 3 nitrogen and oxygen atoms in total. The van der Waals surface area contributed by atoms with E-state index < -0.39 is 11.4 Å². The molecule has 0 aliphatic heterocycles. The van der Waals surface area contributed by atoms with E-state index >= 15 is 0 Å². The molecule has 0 radical (unpaired) electrons.